The molecule has 2 heterocycles. The first-order chi connectivity index (χ1) is 16.0. The molecule has 4 rings (SSSR count). The average Bonchev–Trinajstić information content (AvgIpc) is 3.26. The number of carbonyl (C=O) groups is 1. The first kappa shape index (κ1) is 21.9. The third-order valence-electron chi connectivity index (χ3n) is 4.76. The first-order valence-corrected chi connectivity index (χ1v) is 9.89. The monoisotopic (exact) mass is 448 g/mol. The van der Waals surface area contributed by atoms with E-state index in [9.17, 15) is 13.6 Å². The Balaban J connectivity index is 1.64. The number of carbonyl (C=O) groups excluding carboxylic acids is 1. The molecule has 0 fully saturated rings. The second kappa shape index (κ2) is 9.86. The van der Waals surface area contributed by atoms with E-state index >= 15 is 0 Å². The second-order valence-corrected chi connectivity index (χ2v) is 6.91. The summed E-state index contributed by atoms with van der Waals surface area (Å²) in [4.78, 5) is 15.7. The van der Waals surface area contributed by atoms with Crippen LogP contribution in [0.15, 0.2) is 71.4 Å². The van der Waals surface area contributed by atoms with Crippen molar-refractivity contribution in [2.75, 3.05) is 7.11 Å². The fraction of sp³-hybridized carbons (Fsp3) is 0.0800. The van der Waals surface area contributed by atoms with Gasteiger partial charge in [0.25, 0.3) is 0 Å². The first-order valence-electron chi connectivity index (χ1n) is 9.89. The van der Waals surface area contributed by atoms with Gasteiger partial charge < -0.3 is 14.0 Å². The molecular weight excluding hydrogens is 430 g/mol. The van der Waals surface area contributed by atoms with Crippen LogP contribution in [0.2, 0.25) is 0 Å². The number of benzene rings is 2. The quantitative estimate of drug-likeness (QED) is 0.345. The lowest BCUT2D eigenvalue weighted by atomic mass is 10.1. The van der Waals surface area contributed by atoms with E-state index in [4.69, 9.17) is 9.26 Å². The van der Waals surface area contributed by atoms with E-state index in [2.05, 4.69) is 14.9 Å². The molecule has 0 radical (unpaired) electrons. The molecule has 2 aromatic heterocycles. The number of rotatable bonds is 7. The molecule has 4 aromatic rings. The molecule has 0 amide bonds. The van der Waals surface area contributed by atoms with Gasteiger partial charge in [-0.05, 0) is 35.9 Å². The van der Waals surface area contributed by atoms with Crippen LogP contribution in [0, 0.1) is 11.6 Å². The summed E-state index contributed by atoms with van der Waals surface area (Å²) in [6, 6.07) is 16.1. The summed E-state index contributed by atoms with van der Waals surface area (Å²) in [5.74, 6) is -1.83. The van der Waals surface area contributed by atoms with Crippen molar-refractivity contribution in [1.29, 1.82) is 0 Å². The molecule has 0 aliphatic rings. The molecule has 0 saturated carbocycles. The molecule has 0 spiro atoms. The molecule has 8 heteroatoms. The van der Waals surface area contributed by atoms with Crippen molar-refractivity contribution in [3.05, 3.63) is 101 Å². The summed E-state index contributed by atoms with van der Waals surface area (Å²) in [6.07, 6.45) is 4.89. The van der Waals surface area contributed by atoms with Crippen LogP contribution in [0.1, 0.15) is 27.2 Å². The van der Waals surface area contributed by atoms with Gasteiger partial charge in [-0.25, -0.2) is 18.6 Å². The summed E-state index contributed by atoms with van der Waals surface area (Å²) < 4.78 is 43.1. The van der Waals surface area contributed by atoms with Crippen molar-refractivity contribution in [2.24, 2.45) is 0 Å². The molecule has 0 N–H and O–H groups in total. The molecule has 0 bridgehead atoms. The van der Waals surface area contributed by atoms with Crippen molar-refractivity contribution >= 4 is 18.1 Å². The number of hydrogen-bond donors (Lipinski definition) is 0. The van der Waals surface area contributed by atoms with Crippen LogP contribution >= 0.6 is 0 Å². The van der Waals surface area contributed by atoms with Crippen molar-refractivity contribution in [1.82, 2.24) is 10.1 Å². The zero-order chi connectivity index (χ0) is 23.2. The number of nitrogens with zero attached hydrogens (tertiary/aromatic N) is 2. The van der Waals surface area contributed by atoms with Gasteiger partial charge in [-0.2, -0.15) is 0 Å². The smallest absolute Gasteiger partial charge is 0.339 e. The number of pyridine rings is 1. The Morgan fingerprint density at radius 2 is 1.85 bits per heavy atom. The maximum Gasteiger partial charge on any atom is 0.339 e. The minimum absolute atomic E-state index is 0.0170. The maximum atomic E-state index is 13.8. The summed E-state index contributed by atoms with van der Waals surface area (Å²) in [7, 11) is 1.28. The second-order valence-electron chi connectivity index (χ2n) is 6.91. The topological polar surface area (TPSA) is 74.5 Å². The molecule has 166 valence electrons. The molecule has 0 saturated heterocycles. The summed E-state index contributed by atoms with van der Waals surface area (Å²) in [5.41, 5.74) is 2.39. The van der Waals surface area contributed by atoms with Crippen LogP contribution < -0.4 is 4.74 Å². The summed E-state index contributed by atoms with van der Waals surface area (Å²) in [5, 5.41) is 4.05. The van der Waals surface area contributed by atoms with Crippen LogP contribution in [-0.4, -0.2) is 23.2 Å². The van der Waals surface area contributed by atoms with Gasteiger partial charge in [-0.15, -0.1) is 0 Å². The number of aromatic nitrogens is 2. The Morgan fingerprint density at radius 1 is 1.03 bits per heavy atom. The third kappa shape index (κ3) is 5.12. The van der Waals surface area contributed by atoms with Gasteiger partial charge in [-0.3, -0.25) is 0 Å². The number of hydrogen-bond acceptors (Lipinski definition) is 6. The third-order valence-corrected chi connectivity index (χ3v) is 4.76. The lowest BCUT2D eigenvalue weighted by Gasteiger charge is -2.07. The van der Waals surface area contributed by atoms with Gasteiger partial charge in [0, 0.05) is 17.8 Å². The van der Waals surface area contributed by atoms with Gasteiger partial charge in [0.05, 0.1) is 18.2 Å². The van der Waals surface area contributed by atoms with Crippen LogP contribution in [0.3, 0.4) is 0 Å². The van der Waals surface area contributed by atoms with Gasteiger partial charge in [0.15, 0.2) is 17.4 Å². The van der Waals surface area contributed by atoms with Crippen LogP contribution in [-0.2, 0) is 11.3 Å². The van der Waals surface area contributed by atoms with Gasteiger partial charge in [0.1, 0.15) is 12.3 Å². The average molecular weight is 448 g/mol. The van der Waals surface area contributed by atoms with E-state index in [-0.39, 0.29) is 18.1 Å². The number of halogens is 2. The minimum atomic E-state index is -0.996. The predicted molar refractivity (Wildman–Crippen MR) is 117 cm³/mol. The molecule has 0 aliphatic heterocycles. The summed E-state index contributed by atoms with van der Waals surface area (Å²) in [6.45, 7) is -0.0170. The lowest BCUT2D eigenvalue weighted by Crippen LogP contribution is -2.03. The zero-order valence-corrected chi connectivity index (χ0v) is 17.5. The number of methoxy groups -OCH3 is 1. The Morgan fingerprint density at radius 3 is 2.55 bits per heavy atom. The molecule has 6 nitrogen and oxygen atoms in total. The van der Waals surface area contributed by atoms with Crippen molar-refractivity contribution < 1.29 is 27.6 Å². The number of ether oxygens (including phenoxy) is 2. The fourth-order valence-electron chi connectivity index (χ4n) is 3.05. The van der Waals surface area contributed by atoms with Gasteiger partial charge in [0.2, 0.25) is 5.88 Å². The van der Waals surface area contributed by atoms with E-state index < -0.39 is 17.6 Å². The number of esters is 1. The largest absolute Gasteiger partial charge is 0.473 e. The Bertz CT molecular complexity index is 1290. The zero-order valence-electron chi connectivity index (χ0n) is 17.5. The van der Waals surface area contributed by atoms with Crippen molar-refractivity contribution in [3.8, 4) is 17.1 Å². The van der Waals surface area contributed by atoms with Crippen molar-refractivity contribution in [3.63, 3.8) is 0 Å². The highest BCUT2D eigenvalue weighted by molar-refractivity contribution is 5.88. The molecular formula is C25H18F2N2O4. The van der Waals surface area contributed by atoms with Crippen LogP contribution in [0.4, 0.5) is 8.78 Å². The van der Waals surface area contributed by atoms with E-state index in [0.29, 0.717) is 22.6 Å². The Labute approximate surface area is 188 Å². The van der Waals surface area contributed by atoms with Crippen molar-refractivity contribution in [2.45, 2.75) is 6.61 Å². The lowest BCUT2D eigenvalue weighted by molar-refractivity contribution is 0.0600. The maximum absolute atomic E-state index is 13.8. The standard InChI is InChI=1S/C25H18F2N2O4/c1-31-25(30)18-9-12-23(28-14-18)32-15-19-22(11-7-16-5-3-2-4-6-16)33-29-24(19)17-8-10-20(26)21(27)13-17/h2-14H,15H2,1H3/b11-7+. The Kier molecular flexibility index (Phi) is 6.54. The predicted octanol–water partition coefficient (Wildman–Crippen LogP) is 5.55. The molecule has 2 aromatic carbocycles. The highest BCUT2D eigenvalue weighted by Gasteiger charge is 2.19. The molecule has 33 heavy (non-hydrogen) atoms. The van der Waals surface area contributed by atoms with E-state index in [1.807, 2.05) is 36.4 Å². The van der Waals surface area contributed by atoms with Gasteiger partial charge >= 0.3 is 5.97 Å². The van der Waals surface area contributed by atoms with E-state index in [0.717, 1.165) is 17.7 Å². The minimum Gasteiger partial charge on any atom is -0.473 e. The normalized spacial score (nSPS) is 11.0. The van der Waals surface area contributed by atoms with E-state index in [1.165, 1.54) is 31.5 Å². The van der Waals surface area contributed by atoms with Crippen LogP contribution in [0.25, 0.3) is 23.4 Å². The Hall–Kier alpha value is -4.33. The fourth-order valence-corrected chi connectivity index (χ4v) is 3.05. The molecule has 0 atom stereocenters. The highest BCUT2D eigenvalue weighted by Crippen LogP contribution is 2.29. The molecule has 0 aliphatic carbocycles. The highest BCUT2D eigenvalue weighted by atomic mass is 19.2. The summed E-state index contributed by atoms with van der Waals surface area (Å²) >= 11 is 0. The molecule has 0 unspecified atom stereocenters. The SMILES string of the molecule is COC(=O)c1ccc(OCc2c(-c3ccc(F)c(F)c3)noc2/C=C/c2ccccc2)nc1. The van der Waals surface area contributed by atoms with Gasteiger partial charge in [-0.1, -0.05) is 41.6 Å². The van der Waals surface area contributed by atoms with Crippen LogP contribution in [0.5, 0.6) is 5.88 Å². The van der Waals surface area contributed by atoms with E-state index in [1.54, 1.807) is 6.08 Å².